The van der Waals surface area contributed by atoms with Gasteiger partial charge >= 0.3 is 11.8 Å². The molecule has 0 radical (unpaired) electrons. The van der Waals surface area contributed by atoms with Crippen LogP contribution in [0.25, 0.3) is 0 Å². The molecule has 0 fully saturated rings. The van der Waals surface area contributed by atoms with Gasteiger partial charge in [-0.2, -0.15) is 11.3 Å². The topological polar surface area (TPSA) is 61.4 Å². The van der Waals surface area contributed by atoms with Crippen LogP contribution >= 0.6 is 11.3 Å². The van der Waals surface area contributed by atoms with E-state index in [9.17, 15) is 9.59 Å². The largest absolute Gasteiger partial charge is 0.347 e. The summed E-state index contributed by atoms with van der Waals surface area (Å²) < 4.78 is 0. The van der Waals surface area contributed by atoms with E-state index in [1.807, 2.05) is 35.8 Å². The minimum Gasteiger partial charge on any atom is -0.347 e. The van der Waals surface area contributed by atoms with Gasteiger partial charge in [0, 0.05) is 19.6 Å². The Kier molecular flexibility index (Phi) is 5.65. The molecule has 17 heavy (non-hydrogen) atoms. The zero-order valence-electron chi connectivity index (χ0n) is 10.0. The van der Waals surface area contributed by atoms with Crippen LogP contribution in [0.15, 0.2) is 16.8 Å². The molecule has 0 atom stereocenters. The third-order valence-electron chi connectivity index (χ3n) is 2.08. The van der Waals surface area contributed by atoms with Crippen molar-refractivity contribution >= 4 is 23.2 Å². The van der Waals surface area contributed by atoms with Gasteiger partial charge in [-0.25, -0.2) is 0 Å². The monoisotopic (exact) mass is 255 g/mol. The molecule has 1 heterocycles. The number of carbonyl (C=O) groups excluding carboxylic acids is 2. The van der Waals surface area contributed by atoms with Gasteiger partial charge in [0.2, 0.25) is 0 Å². The van der Waals surface area contributed by atoms with E-state index >= 15 is 0 Å². The second kappa shape index (κ2) is 7.03. The predicted octanol–water partition coefficient (Wildman–Crippen LogP) is 0.0421. The smallest absolute Gasteiger partial charge is 0.309 e. The molecule has 0 saturated carbocycles. The SMILES string of the molecule is CN(C)CCNC(=O)C(=O)NCc1ccsc1. The van der Waals surface area contributed by atoms with Gasteiger partial charge in [-0.1, -0.05) is 0 Å². The van der Waals surface area contributed by atoms with Crippen LogP contribution in [-0.2, 0) is 16.1 Å². The highest BCUT2D eigenvalue weighted by atomic mass is 32.1. The molecule has 0 unspecified atom stereocenters. The van der Waals surface area contributed by atoms with Crippen LogP contribution in [0.5, 0.6) is 0 Å². The lowest BCUT2D eigenvalue weighted by atomic mass is 10.3. The Hall–Kier alpha value is -1.40. The first-order chi connectivity index (χ1) is 8.09. The highest BCUT2D eigenvalue weighted by molar-refractivity contribution is 7.07. The number of hydrogen-bond acceptors (Lipinski definition) is 4. The fourth-order valence-electron chi connectivity index (χ4n) is 1.13. The molecule has 94 valence electrons. The summed E-state index contributed by atoms with van der Waals surface area (Å²) >= 11 is 1.56. The molecule has 1 aromatic heterocycles. The van der Waals surface area contributed by atoms with Crippen molar-refractivity contribution in [2.75, 3.05) is 27.2 Å². The fraction of sp³-hybridized carbons (Fsp3) is 0.455. The first-order valence-corrected chi connectivity index (χ1v) is 6.25. The van der Waals surface area contributed by atoms with Crippen LogP contribution < -0.4 is 10.6 Å². The maximum atomic E-state index is 11.4. The maximum absolute atomic E-state index is 11.4. The normalized spacial score (nSPS) is 10.3. The van der Waals surface area contributed by atoms with E-state index < -0.39 is 11.8 Å². The molecule has 2 N–H and O–H groups in total. The van der Waals surface area contributed by atoms with Crippen molar-refractivity contribution in [2.45, 2.75) is 6.54 Å². The number of amides is 2. The Morgan fingerprint density at radius 3 is 2.59 bits per heavy atom. The average molecular weight is 255 g/mol. The molecule has 6 heteroatoms. The Labute approximate surface area is 105 Å². The molecule has 0 spiro atoms. The molecule has 0 aromatic carbocycles. The van der Waals surface area contributed by atoms with E-state index in [1.165, 1.54) is 0 Å². The van der Waals surface area contributed by atoms with Crippen molar-refractivity contribution in [3.63, 3.8) is 0 Å². The molecular weight excluding hydrogens is 238 g/mol. The van der Waals surface area contributed by atoms with E-state index in [-0.39, 0.29) is 0 Å². The fourth-order valence-corrected chi connectivity index (χ4v) is 1.80. The molecule has 0 saturated heterocycles. The molecule has 0 aliphatic heterocycles. The van der Waals surface area contributed by atoms with Gasteiger partial charge in [-0.05, 0) is 36.5 Å². The second-order valence-corrected chi connectivity index (χ2v) is 4.65. The Balaban J connectivity index is 2.20. The number of thiophene rings is 1. The number of carbonyl (C=O) groups is 2. The summed E-state index contributed by atoms with van der Waals surface area (Å²) in [5.41, 5.74) is 1.00. The second-order valence-electron chi connectivity index (χ2n) is 3.87. The lowest BCUT2D eigenvalue weighted by Gasteiger charge is -2.10. The summed E-state index contributed by atoms with van der Waals surface area (Å²) in [6.45, 7) is 1.57. The Bertz CT molecular complexity index is 363. The van der Waals surface area contributed by atoms with Crippen molar-refractivity contribution in [2.24, 2.45) is 0 Å². The van der Waals surface area contributed by atoms with Crippen LogP contribution in [0, 0.1) is 0 Å². The number of rotatable bonds is 5. The third-order valence-corrected chi connectivity index (χ3v) is 2.82. The highest BCUT2D eigenvalue weighted by Gasteiger charge is 2.11. The first kappa shape index (κ1) is 13.7. The van der Waals surface area contributed by atoms with Crippen LogP contribution in [-0.4, -0.2) is 43.9 Å². The van der Waals surface area contributed by atoms with Crippen molar-refractivity contribution in [1.82, 2.24) is 15.5 Å². The molecule has 5 nitrogen and oxygen atoms in total. The quantitative estimate of drug-likeness (QED) is 0.730. The van der Waals surface area contributed by atoms with Crippen molar-refractivity contribution in [3.8, 4) is 0 Å². The van der Waals surface area contributed by atoms with Gasteiger partial charge in [0.1, 0.15) is 0 Å². The molecule has 1 aromatic rings. The summed E-state index contributed by atoms with van der Waals surface area (Å²) in [4.78, 5) is 24.7. The number of likely N-dealkylation sites (N-methyl/N-ethyl adjacent to an activating group) is 1. The molecule has 1 rings (SSSR count). The van der Waals surface area contributed by atoms with E-state index in [2.05, 4.69) is 10.6 Å². The zero-order chi connectivity index (χ0) is 12.7. The van der Waals surface area contributed by atoms with E-state index in [0.717, 1.165) is 5.56 Å². The van der Waals surface area contributed by atoms with Gasteiger partial charge in [0.05, 0.1) is 0 Å². The summed E-state index contributed by atoms with van der Waals surface area (Å²) in [6.07, 6.45) is 0. The Morgan fingerprint density at radius 1 is 1.29 bits per heavy atom. The van der Waals surface area contributed by atoms with Gasteiger partial charge in [0.15, 0.2) is 0 Å². The molecule has 2 amide bonds. The summed E-state index contributed by atoms with van der Waals surface area (Å²) in [5, 5.41) is 8.98. The lowest BCUT2D eigenvalue weighted by Crippen LogP contribution is -2.41. The molecule has 0 aliphatic carbocycles. The minimum absolute atomic E-state index is 0.392. The highest BCUT2D eigenvalue weighted by Crippen LogP contribution is 2.04. The van der Waals surface area contributed by atoms with Crippen molar-refractivity contribution in [1.29, 1.82) is 0 Å². The van der Waals surface area contributed by atoms with E-state index in [0.29, 0.717) is 19.6 Å². The van der Waals surface area contributed by atoms with Crippen LogP contribution in [0.1, 0.15) is 5.56 Å². The van der Waals surface area contributed by atoms with Gasteiger partial charge in [0.25, 0.3) is 0 Å². The molecule has 0 aliphatic rings. The van der Waals surface area contributed by atoms with Gasteiger partial charge < -0.3 is 15.5 Å². The van der Waals surface area contributed by atoms with Gasteiger partial charge in [-0.15, -0.1) is 0 Å². The number of nitrogens with one attached hydrogen (secondary N) is 2. The molecule has 0 bridgehead atoms. The Morgan fingerprint density at radius 2 is 2.00 bits per heavy atom. The predicted molar refractivity (Wildman–Crippen MR) is 67.7 cm³/mol. The van der Waals surface area contributed by atoms with Crippen molar-refractivity contribution < 1.29 is 9.59 Å². The minimum atomic E-state index is -0.588. The maximum Gasteiger partial charge on any atom is 0.309 e. The third kappa shape index (κ3) is 5.46. The van der Waals surface area contributed by atoms with Crippen LogP contribution in [0.4, 0.5) is 0 Å². The van der Waals surface area contributed by atoms with Crippen LogP contribution in [0.3, 0.4) is 0 Å². The number of hydrogen-bond donors (Lipinski definition) is 2. The van der Waals surface area contributed by atoms with Gasteiger partial charge in [-0.3, -0.25) is 9.59 Å². The lowest BCUT2D eigenvalue weighted by molar-refractivity contribution is -0.139. The zero-order valence-corrected chi connectivity index (χ0v) is 10.8. The summed E-state index contributed by atoms with van der Waals surface area (Å²) in [7, 11) is 3.81. The average Bonchev–Trinajstić information content (AvgIpc) is 2.78. The number of nitrogens with zero attached hydrogens (tertiary/aromatic N) is 1. The standard InChI is InChI=1S/C11H17N3O2S/c1-14(2)5-4-12-10(15)11(16)13-7-9-3-6-17-8-9/h3,6,8H,4-5,7H2,1-2H3,(H,12,15)(H,13,16). The molecular formula is C11H17N3O2S. The van der Waals surface area contributed by atoms with Crippen molar-refractivity contribution in [3.05, 3.63) is 22.4 Å². The van der Waals surface area contributed by atoms with Crippen LogP contribution in [0.2, 0.25) is 0 Å². The summed E-state index contributed by atoms with van der Waals surface area (Å²) in [6, 6.07) is 1.91. The van der Waals surface area contributed by atoms with E-state index in [4.69, 9.17) is 0 Å². The summed E-state index contributed by atoms with van der Waals surface area (Å²) in [5.74, 6) is -1.17. The van der Waals surface area contributed by atoms with E-state index in [1.54, 1.807) is 11.3 Å². The first-order valence-electron chi connectivity index (χ1n) is 5.31.